The maximum Gasteiger partial charge on any atom is 0.0949 e. The smallest absolute Gasteiger partial charge is 0.0949 e. The summed E-state index contributed by atoms with van der Waals surface area (Å²) < 4.78 is 7.29. The summed E-state index contributed by atoms with van der Waals surface area (Å²) in [5.74, 6) is 0. The van der Waals surface area contributed by atoms with E-state index >= 15 is 0 Å². The Bertz CT molecular complexity index is 555. The molecule has 0 atom stereocenters. The lowest BCUT2D eigenvalue weighted by Gasteiger charge is -2.17. The van der Waals surface area contributed by atoms with Crippen LogP contribution in [-0.4, -0.2) is 52.0 Å². The molecular formula is C16H27N5O. The Labute approximate surface area is 132 Å². The molecule has 0 aliphatic heterocycles. The fraction of sp³-hybridized carbons (Fsp3) is 0.625. The number of aryl methyl sites for hydroxylation is 2. The number of nitrogens with one attached hydrogen (secondary N) is 1. The number of ether oxygens (including phenoxy) is 1. The molecule has 2 rings (SSSR count). The maximum absolute atomic E-state index is 5.13. The lowest BCUT2D eigenvalue weighted by molar-refractivity contribution is 0.185. The quantitative estimate of drug-likeness (QED) is 0.769. The first kappa shape index (κ1) is 16.7. The van der Waals surface area contributed by atoms with E-state index in [1.165, 1.54) is 17.0 Å². The zero-order valence-electron chi connectivity index (χ0n) is 14.1. The monoisotopic (exact) mass is 305 g/mol. The third-order valence-corrected chi connectivity index (χ3v) is 4.01. The van der Waals surface area contributed by atoms with Crippen molar-refractivity contribution in [3.05, 3.63) is 35.2 Å². The Hall–Kier alpha value is -1.66. The highest BCUT2D eigenvalue weighted by molar-refractivity contribution is 5.23. The van der Waals surface area contributed by atoms with Crippen molar-refractivity contribution < 1.29 is 4.74 Å². The van der Waals surface area contributed by atoms with Crippen LogP contribution < -0.4 is 0 Å². The fourth-order valence-corrected chi connectivity index (χ4v) is 2.69. The second-order valence-corrected chi connectivity index (χ2v) is 5.83. The highest BCUT2D eigenvalue weighted by Crippen LogP contribution is 2.12. The predicted molar refractivity (Wildman–Crippen MR) is 86.8 cm³/mol. The molecule has 2 aromatic rings. The third kappa shape index (κ3) is 4.42. The van der Waals surface area contributed by atoms with Crippen LogP contribution in [0.3, 0.4) is 0 Å². The van der Waals surface area contributed by atoms with Gasteiger partial charge in [-0.2, -0.15) is 5.10 Å². The molecule has 0 radical (unpaired) electrons. The highest BCUT2D eigenvalue weighted by atomic mass is 16.5. The summed E-state index contributed by atoms with van der Waals surface area (Å²) in [6, 6.07) is 0. The summed E-state index contributed by atoms with van der Waals surface area (Å²) in [7, 11) is 3.88. The van der Waals surface area contributed by atoms with Crippen LogP contribution in [0.5, 0.6) is 0 Å². The SMILES string of the molecule is COCCn1cncc1CN(C)CCCc1c(C)n[nH]c1C. The molecule has 0 aliphatic rings. The van der Waals surface area contributed by atoms with Gasteiger partial charge in [0.15, 0.2) is 0 Å². The Kier molecular flexibility index (Phi) is 6.15. The van der Waals surface area contributed by atoms with E-state index in [2.05, 4.69) is 45.5 Å². The standard InChI is InChI=1S/C16H27N5O/c1-13-16(14(2)19-18-13)6-5-7-20(3)11-15-10-17-12-21(15)8-9-22-4/h10,12H,5-9,11H2,1-4H3,(H,18,19). The minimum absolute atomic E-state index is 0.714. The van der Waals surface area contributed by atoms with Crippen LogP contribution in [0.2, 0.25) is 0 Å². The fourth-order valence-electron chi connectivity index (χ4n) is 2.69. The molecule has 122 valence electrons. The Morgan fingerprint density at radius 2 is 2.18 bits per heavy atom. The van der Waals surface area contributed by atoms with Crippen LogP contribution in [0.15, 0.2) is 12.5 Å². The van der Waals surface area contributed by atoms with Gasteiger partial charge in [0.2, 0.25) is 0 Å². The second-order valence-electron chi connectivity index (χ2n) is 5.83. The summed E-state index contributed by atoms with van der Waals surface area (Å²) in [5, 5.41) is 7.30. The first-order chi connectivity index (χ1) is 10.6. The average Bonchev–Trinajstić information content (AvgIpc) is 3.06. The lowest BCUT2D eigenvalue weighted by Crippen LogP contribution is -2.22. The van der Waals surface area contributed by atoms with Crippen LogP contribution >= 0.6 is 0 Å². The molecule has 6 heteroatoms. The number of nitrogens with zero attached hydrogens (tertiary/aromatic N) is 4. The number of hydrogen-bond donors (Lipinski definition) is 1. The van der Waals surface area contributed by atoms with Crippen LogP contribution in [0.4, 0.5) is 0 Å². The van der Waals surface area contributed by atoms with Crippen molar-refractivity contribution >= 4 is 0 Å². The summed E-state index contributed by atoms with van der Waals surface area (Å²) in [6.45, 7) is 7.69. The van der Waals surface area contributed by atoms with Crippen molar-refractivity contribution in [1.29, 1.82) is 0 Å². The topological polar surface area (TPSA) is 59.0 Å². The van der Waals surface area contributed by atoms with E-state index in [-0.39, 0.29) is 0 Å². The van der Waals surface area contributed by atoms with Gasteiger partial charge in [0.05, 0.1) is 24.3 Å². The largest absolute Gasteiger partial charge is 0.383 e. The summed E-state index contributed by atoms with van der Waals surface area (Å²) in [6.07, 6.45) is 6.02. The number of hydrogen-bond acceptors (Lipinski definition) is 4. The van der Waals surface area contributed by atoms with Crippen molar-refractivity contribution in [3.8, 4) is 0 Å². The Balaban J connectivity index is 1.78. The molecule has 0 amide bonds. The molecule has 1 N–H and O–H groups in total. The van der Waals surface area contributed by atoms with Gasteiger partial charge in [-0.05, 0) is 45.8 Å². The van der Waals surface area contributed by atoms with Gasteiger partial charge < -0.3 is 14.2 Å². The molecule has 2 heterocycles. The molecule has 0 spiro atoms. The second kappa shape index (κ2) is 8.10. The van der Waals surface area contributed by atoms with E-state index in [1.54, 1.807) is 7.11 Å². The van der Waals surface area contributed by atoms with Crippen molar-refractivity contribution in [1.82, 2.24) is 24.6 Å². The number of H-pyrrole nitrogens is 1. The molecule has 0 bridgehead atoms. The van der Waals surface area contributed by atoms with E-state index in [9.17, 15) is 0 Å². The van der Waals surface area contributed by atoms with Gasteiger partial charge in [0.1, 0.15) is 0 Å². The molecular weight excluding hydrogens is 278 g/mol. The summed E-state index contributed by atoms with van der Waals surface area (Å²) in [4.78, 5) is 6.58. The summed E-state index contributed by atoms with van der Waals surface area (Å²) >= 11 is 0. The van der Waals surface area contributed by atoms with Gasteiger partial charge in [0.25, 0.3) is 0 Å². The van der Waals surface area contributed by atoms with Crippen molar-refractivity contribution in [2.75, 3.05) is 27.3 Å². The van der Waals surface area contributed by atoms with E-state index in [0.717, 1.165) is 38.2 Å². The van der Waals surface area contributed by atoms with Crippen LogP contribution in [0.1, 0.15) is 29.1 Å². The number of rotatable bonds is 9. The van der Waals surface area contributed by atoms with Gasteiger partial charge in [-0.3, -0.25) is 5.10 Å². The Morgan fingerprint density at radius 3 is 2.86 bits per heavy atom. The minimum atomic E-state index is 0.714. The Morgan fingerprint density at radius 1 is 1.36 bits per heavy atom. The highest BCUT2D eigenvalue weighted by Gasteiger charge is 2.08. The summed E-state index contributed by atoms with van der Waals surface area (Å²) in [5.41, 5.74) is 4.91. The van der Waals surface area contributed by atoms with Gasteiger partial charge in [-0.15, -0.1) is 0 Å². The van der Waals surface area contributed by atoms with E-state index in [0.29, 0.717) is 6.61 Å². The molecule has 0 saturated heterocycles. The van der Waals surface area contributed by atoms with Crippen molar-refractivity contribution in [3.63, 3.8) is 0 Å². The van der Waals surface area contributed by atoms with Crippen LogP contribution in [0, 0.1) is 13.8 Å². The first-order valence-electron chi connectivity index (χ1n) is 7.78. The predicted octanol–water partition coefficient (Wildman–Crippen LogP) is 1.93. The van der Waals surface area contributed by atoms with Gasteiger partial charge in [0, 0.05) is 32.1 Å². The third-order valence-electron chi connectivity index (χ3n) is 4.01. The maximum atomic E-state index is 5.13. The van der Waals surface area contributed by atoms with Gasteiger partial charge in [-0.25, -0.2) is 4.98 Å². The number of methoxy groups -OCH3 is 1. The lowest BCUT2D eigenvalue weighted by atomic mass is 10.1. The minimum Gasteiger partial charge on any atom is -0.383 e. The molecule has 0 aromatic carbocycles. The van der Waals surface area contributed by atoms with Crippen LogP contribution in [-0.2, 0) is 24.2 Å². The van der Waals surface area contributed by atoms with Crippen molar-refractivity contribution in [2.24, 2.45) is 0 Å². The zero-order valence-corrected chi connectivity index (χ0v) is 14.1. The number of aromatic amines is 1. The van der Waals surface area contributed by atoms with E-state index in [4.69, 9.17) is 4.74 Å². The molecule has 22 heavy (non-hydrogen) atoms. The number of imidazole rings is 1. The molecule has 0 saturated carbocycles. The van der Waals surface area contributed by atoms with Gasteiger partial charge >= 0.3 is 0 Å². The van der Waals surface area contributed by atoms with Crippen molar-refractivity contribution in [2.45, 2.75) is 39.8 Å². The molecule has 0 unspecified atom stereocenters. The van der Waals surface area contributed by atoms with Crippen LogP contribution in [0.25, 0.3) is 0 Å². The van der Waals surface area contributed by atoms with Gasteiger partial charge in [-0.1, -0.05) is 0 Å². The molecule has 6 nitrogen and oxygen atoms in total. The molecule has 0 fully saturated rings. The van der Waals surface area contributed by atoms with E-state index < -0.39 is 0 Å². The normalized spacial score (nSPS) is 11.5. The molecule has 2 aromatic heterocycles. The molecule has 0 aliphatic carbocycles. The average molecular weight is 305 g/mol. The first-order valence-corrected chi connectivity index (χ1v) is 7.78. The van der Waals surface area contributed by atoms with E-state index in [1.807, 2.05) is 12.5 Å². The zero-order chi connectivity index (χ0) is 15.9. The number of aromatic nitrogens is 4.